The molecule has 0 atom stereocenters. The normalized spacial score (nSPS) is 11.1. The Labute approximate surface area is 168 Å². The Hall–Kier alpha value is -2.97. The van der Waals surface area contributed by atoms with E-state index in [-0.39, 0.29) is 12.2 Å². The molecule has 0 unspecified atom stereocenters. The fraction of sp³-hybridized carbons (Fsp3) is 0.158. The quantitative estimate of drug-likeness (QED) is 0.485. The van der Waals surface area contributed by atoms with Gasteiger partial charge in [-0.3, -0.25) is 0 Å². The van der Waals surface area contributed by atoms with Crippen LogP contribution in [0.4, 0.5) is 0 Å². The smallest absolute Gasteiger partial charge is 0.352 e. The molecule has 0 radical (unpaired) electrons. The van der Waals surface area contributed by atoms with Gasteiger partial charge in [0.15, 0.2) is 17.3 Å². The van der Waals surface area contributed by atoms with Gasteiger partial charge in [0.1, 0.15) is 11.4 Å². The van der Waals surface area contributed by atoms with Crippen molar-refractivity contribution in [2.24, 2.45) is 0 Å². The number of aromatic nitrogens is 2. The van der Waals surface area contributed by atoms with Crippen LogP contribution in [0.2, 0.25) is 4.34 Å². The van der Waals surface area contributed by atoms with Crippen molar-refractivity contribution in [1.82, 2.24) is 9.72 Å². The molecule has 7 nitrogen and oxygen atoms in total. The number of thiophene rings is 1. The van der Waals surface area contributed by atoms with Crippen LogP contribution in [0.3, 0.4) is 0 Å². The second kappa shape index (κ2) is 7.21. The van der Waals surface area contributed by atoms with Gasteiger partial charge in [-0.2, -0.15) is 0 Å². The minimum Gasteiger partial charge on any atom is -0.493 e. The molecule has 0 bridgehead atoms. The zero-order valence-electron chi connectivity index (χ0n) is 14.9. The molecule has 0 aliphatic rings. The Morgan fingerprint density at radius 1 is 1.21 bits per heavy atom. The van der Waals surface area contributed by atoms with E-state index in [0.717, 1.165) is 10.3 Å². The Balaban J connectivity index is 1.78. The van der Waals surface area contributed by atoms with E-state index in [0.29, 0.717) is 32.8 Å². The first kappa shape index (κ1) is 18.4. The Morgan fingerprint density at radius 2 is 1.96 bits per heavy atom. The molecule has 0 spiro atoms. The van der Waals surface area contributed by atoms with Crippen LogP contribution in [0, 0.1) is 0 Å². The SMILES string of the molecule is COc1cc2cc(C(=O)O)n(Cc3cc(-c4ccc(Cl)s4)on3)c2cc1OC. The number of aromatic carboxylic acids is 1. The number of benzene rings is 1. The average Bonchev–Trinajstić information content (AvgIpc) is 3.39. The van der Waals surface area contributed by atoms with Crippen molar-refractivity contribution in [2.45, 2.75) is 6.54 Å². The molecule has 144 valence electrons. The Morgan fingerprint density at radius 3 is 2.61 bits per heavy atom. The predicted octanol–water partition coefficient (Wildman–Crippen LogP) is 4.77. The number of nitrogens with zero attached hydrogens (tertiary/aromatic N) is 2. The van der Waals surface area contributed by atoms with Gasteiger partial charge >= 0.3 is 5.97 Å². The summed E-state index contributed by atoms with van der Waals surface area (Å²) in [5, 5.41) is 14.4. The van der Waals surface area contributed by atoms with Crippen molar-refractivity contribution < 1.29 is 23.9 Å². The second-order valence-electron chi connectivity index (χ2n) is 5.97. The summed E-state index contributed by atoms with van der Waals surface area (Å²) in [5.74, 6) is 0.588. The minimum atomic E-state index is -1.04. The molecule has 0 saturated heterocycles. The second-order valence-corrected chi connectivity index (χ2v) is 7.69. The number of hydrogen-bond acceptors (Lipinski definition) is 6. The molecule has 1 aromatic carbocycles. The number of carboxylic acid groups (broad SMARTS) is 1. The zero-order valence-corrected chi connectivity index (χ0v) is 16.5. The van der Waals surface area contributed by atoms with Gasteiger partial charge in [-0.1, -0.05) is 16.8 Å². The lowest BCUT2D eigenvalue weighted by Gasteiger charge is -2.10. The van der Waals surface area contributed by atoms with Gasteiger partial charge in [0, 0.05) is 17.5 Å². The molecular weight excluding hydrogens is 404 g/mol. The topological polar surface area (TPSA) is 86.7 Å². The molecule has 9 heteroatoms. The molecule has 3 aromatic heterocycles. The summed E-state index contributed by atoms with van der Waals surface area (Å²) in [5.41, 5.74) is 1.42. The lowest BCUT2D eigenvalue weighted by atomic mass is 10.2. The van der Waals surface area contributed by atoms with Gasteiger partial charge < -0.3 is 23.7 Å². The van der Waals surface area contributed by atoms with Crippen molar-refractivity contribution in [3.05, 3.63) is 52.1 Å². The van der Waals surface area contributed by atoms with E-state index < -0.39 is 5.97 Å². The third-order valence-corrected chi connectivity index (χ3v) is 5.57. The standard InChI is InChI=1S/C19H15ClN2O5S/c1-25-14-6-10-5-13(19(23)24)22(12(10)8-15(14)26-2)9-11-7-16(27-21-11)17-3-4-18(20)28-17/h3-8H,9H2,1-2H3,(H,23,24). The number of fused-ring (bicyclic) bond motifs is 1. The largest absolute Gasteiger partial charge is 0.493 e. The summed E-state index contributed by atoms with van der Waals surface area (Å²) < 4.78 is 18.4. The summed E-state index contributed by atoms with van der Waals surface area (Å²) in [4.78, 5) is 12.6. The average molecular weight is 419 g/mol. The van der Waals surface area contributed by atoms with Crippen LogP contribution < -0.4 is 9.47 Å². The lowest BCUT2D eigenvalue weighted by Crippen LogP contribution is -2.09. The van der Waals surface area contributed by atoms with Crippen molar-refractivity contribution in [3.63, 3.8) is 0 Å². The first-order valence-corrected chi connectivity index (χ1v) is 9.39. The predicted molar refractivity (Wildman–Crippen MR) is 106 cm³/mol. The van der Waals surface area contributed by atoms with Crippen LogP contribution >= 0.6 is 22.9 Å². The summed E-state index contributed by atoms with van der Waals surface area (Å²) in [6, 6.07) is 10.5. The Bertz CT molecular complexity index is 1180. The third-order valence-electron chi connectivity index (χ3n) is 4.32. The zero-order chi connectivity index (χ0) is 19.8. The number of ether oxygens (including phenoxy) is 2. The van der Waals surface area contributed by atoms with Gasteiger partial charge in [-0.05, 0) is 24.3 Å². The fourth-order valence-corrected chi connectivity index (χ4v) is 4.04. The molecule has 28 heavy (non-hydrogen) atoms. The number of rotatable bonds is 6. The molecule has 0 saturated carbocycles. The minimum absolute atomic E-state index is 0.133. The van der Waals surface area contributed by atoms with Gasteiger partial charge in [0.25, 0.3) is 0 Å². The van der Waals surface area contributed by atoms with E-state index in [9.17, 15) is 9.90 Å². The van der Waals surface area contributed by atoms with Crippen molar-refractivity contribution in [3.8, 4) is 22.1 Å². The highest BCUT2D eigenvalue weighted by Gasteiger charge is 2.19. The number of carboxylic acids is 1. The van der Waals surface area contributed by atoms with Crippen molar-refractivity contribution in [2.75, 3.05) is 14.2 Å². The van der Waals surface area contributed by atoms with E-state index >= 15 is 0 Å². The fourth-order valence-electron chi connectivity index (χ4n) is 3.05. The molecule has 4 rings (SSSR count). The van der Waals surface area contributed by atoms with E-state index in [4.69, 9.17) is 25.6 Å². The molecule has 0 amide bonds. The molecule has 0 aliphatic heterocycles. The molecule has 3 heterocycles. The molecule has 0 aliphatic carbocycles. The molecule has 0 fully saturated rings. The van der Waals surface area contributed by atoms with Crippen LogP contribution in [0.5, 0.6) is 11.5 Å². The van der Waals surface area contributed by atoms with E-state index in [1.807, 2.05) is 6.07 Å². The maximum Gasteiger partial charge on any atom is 0.352 e. The van der Waals surface area contributed by atoms with Crippen molar-refractivity contribution in [1.29, 1.82) is 0 Å². The van der Waals surface area contributed by atoms with E-state index in [1.54, 1.807) is 34.9 Å². The number of methoxy groups -OCH3 is 2. The first-order chi connectivity index (χ1) is 13.5. The maximum atomic E-state index is 11.8. The number of carbonyl (C=O) groups is 1. The monoisotopic (exact) mass is 418 g/mol. The number of halogens is 1. The van der Waals surface area contributed by atoms with Gasteiger partial charge in [0.2, 0.25) is 0 Å². The summed E-state index contributed by atoms with van der Waals surface area (Å²) in [7, 11) is 3.07. The molecule has 1 N–H and O–H groups in total. The van der Waals surface area contributed by atoms with Crippen LogP contribution in [0.15, 0.2) is 40.9 Å². The van der Waals surface area contributed by atoms with Crippen LogP contribution in [0.1, 0.15) is 16.2 Å². The van der Waals surface area contributed by atoms with Gasteiger partial charge in [-0.15, -0.1) is 11.3 Å². The first-order valence-electron chi connectivity index (χ1n) is 8.20. The Kier molecular flexibility index (Phi) is 4.74. The van der Waals surface area contributed by atoms with E-state index in [1.165, 1.54) is 25.6 Å². The summed E-state index contributed by atoms with van der Waals surface area (Å²) >= 11 is 7.35. The number of hydrogen-bond donors (Lipinski definition) is 1. The highest BCUT2D eigenvalue weighted by molar-refractivity contribution is 7.19. The molecule has 4 aromatic rings. The van der Waals surface area contributed by atoms with Gasteiger partial charge in [0.05, 0.1) is 35.5 Å². The van der Waals surface area contributed by atoms with Gasteiger partial charge in [-0.25, -0.2) is 4.79 Å². The maximum absolute atomic E-state index is 11.8. The van der Waals surface area contributed by atoms with Crippen molar-refractivity contribution >= 4 is 39.8 Å². The molecular formula is C19H15ClN2O5S. The van der Waals surface area contributed by atoms with E-state index in [2.05, 4.69) is 5.16 Å². The van der Waals surface area contributed by atoms with Crippen LogP contribution in [-0.2, 0) is 6.54 Å². The summed E-state index contributed by atoms with van der Waals surface area (Å²) in [6.45, 7) is 0.225. The highest BCUT2D eigenvalue weighted by atomic mass is 35.5. The highest BCUT2D eigenvalue weighted by Crippen LogP contribution is 2.35. The third kappa shape index (κ3) is 3.21. The van der Waals surface area contributed by atoms with Crippen LogP contribution in [-0.4, -0.2) is 35.0 Å². The lowest BCUT2D eigenvalue weighted by molar-refractivity contribution is 0.0686. The van der Waals surface area contributed by atoms with Crippen LogP contribution in [0.25, 0.3) is 21.5 Å². The summed E-state index contributed by atoms with van der Waals surface area (Å²) in [6.07, 6.45) is 0.